The number of nitrogens with zero attached hydrogens (tertiary/aromatic N) is 2. The van der Waals surface area contributed by atoms with E-state index in [2.05, 4.69) is 60.0 Å². The highest BCUT2D eigenvalue weighted by molar-refractivity contribution is 7.81. The normalized spacial score (nSPS) is 10.3. The van der Waals surface area contributed by atoms with Gasteiger partial charge in [-0.2, -0.15) is 0 Å². The number of benzene rings is 2. The van der Waals surface area contributed by atoms with Gasteiger partial charge in [0.1, 0.15) is 0 Å². The van der Waals surface area contributed by atoms with Gasteiger partial charge in [0.2, 0.25) is 0 Å². The number of thiocarbonyl (C=S) groups is 2. The Morgan fingerprint density at radius 1 is 1.00 bits per heavy atom. The first-order chi connectivity index (χ1) is 11.5. The van der Waals surface area contributed by atoms with Crippen molar-refractivity contribution in [1.82, 2.24) is 0 Å². The van der Waals surface area contributed by atoms with E-state index in [1.807, 2.05) is 20.2 Å². The second-order valence-electron chi connectivity index (χ2n) is 5.80. The van der Waals surface area contributed by atoms with Crippen LogP contribution in [0.25, 0.3) is 0 Å². The predicted octanol–water partition coefficient (Wildman–Crippen LogP) is 4.71. The molecule has 4 heteroatoms. The van der Waals surface area contributed by atoms with E-state index in [0.717, 1.165) is 46.0 Å². The average molecular weight is 357 g/mol. The van der Waals surface area contributed by atoms with E-state index in [0.29, 0.717) is 0 Å². The molecular weight excluding hydrogens is 332 g/mol. The summed E-state index contributed by atoms with van der Waals surface area (Å²) in [5.41, 5.74) is 5.49. The van der Waals surface area contributed by atoms with E-state index in [1.165, 1.54) is 0 Å². The van der Waals surface area contributed by atoms with E-state index < -0.39 is 0 Å². The lowest BCUT2D eigenvalue weighted by molar-refractivity contribution is 0.865. The van der Waals surface area contributed by atoms with E-state index >= 15 is 0 Å². The molecule has 0 aromatic heterocycles. The van der Waals surface area contributed by atoms with Crippen molar-refractivity contribution in [1.29, 1.82) is 0 Å². The molecule has 24 heavy (non-hydrogen) atoms. The molecule has 2 rings (SSSR count). The molecule has 0 fully saturated rings. The molecule has 0 amide bonds. The van der Waals surface area contributed by atoms with Gasteiger partial charge >= 0.3 is 0 Å². The van der Waals surface area contributed by atoms with Crippen LogP contribution in [0, 0.1) is 0 Å². The van der Waals surface area contributed by atoms with Crippen LogP contribution >= 0.6 is 24.4 Å². The van der Waals surface area contributed by atoms with Gasteiger partial charge in [-0.1, -0.05) is 54.8 Å². The molecule has 0 bridgehead atoms. The Hall–Kier alpha value is -1.78. The fourth-order valence-corrected chi connectivity index (χ4v) is 3.29. The maximum atomic E-state index is 5.82. The van der Waals surface area contributed by atoms with E-state index in [9.17, 15) is 0 Å². The summed E-state index contributed by atoms with van der Waals surface area (Å²) in [5, 5.41) is 1.74. The van der Waals surface area contributed by atoms with Crippen LogP contribution in [0.4, 0.5) is 11.4 Å². The molecule has 0 atom stereocenters. The highest BCUT2D eigenvalue weighted by atomic mass is 32.1. The number of hydrogen-bond donors (Lipinski definition) is 0. The van der Waals surface area contributed by atoms with Crippen molar-refractivity contribution >= 4 is 46.0 Å². The minimum atomic E-state index is 0.862. The van der Waals surface area contributed by atoms with Crippen LogP contribution in [-0.2, 0) is 0 Å². The van der Waals surface area contributed by atoms with Crippen LogP contribution in [-0.4, -0.2) is 37.4 Å². The third-order valence-corrected chi connectivity index (χ3v) is 4.87. The van der Waals surface area contributed by atoms with E-state index in [1.54, 1.807) is 5.37 Å². The number of para-hydroxylation sites is 1. The molecule has 0 unspecified atom stereocenters. The highest BCUT2D eigenvalue weighted by Gasteiger charge is 2.16. The van der Waals surface area contributed by atoms with Crippen molar-refractivity contribution in [3.05, 3.63) is 59.2 Å². The summed E-state index contributed by atoms with van der Waals surface area (Å²) in [6.07, 6.45) is 0. The third kappa shape index (κ3) is 3.82. The molecule has 0 heterocycles. The van der Waals surface area contributed by atoms with Crippen molar-refractivity contribution in [3.63, 3.8) is 0 Å². The zero-order valence-electron chi connectivity index (χ0n) is 14.7. The summed E-state index contributed by atoms with van der Waals surface area (Å²) < 4.78 is 0. The highest BCUT2D eigenvalue weighted by Crippen LogP contribution is 2.28. The van der Waals surface area contributed by atoms with Crippen molar-refractivity contribution in [2.75, 3.05) is 37.0 Å². The SMILES string of the molecule is CCN(CC)c1c(C=S)cccc1C(=S)c1ccc(N(C)C)cc1. The summed E-state index contributed by atoms with van der Waals surface area (Å²) in [7, 11) is 4.07. The van der Waals surface area contributed by atoms with Gasteiger partial charge in [-0.15, -0.1) is 0 Å². The first-order valence-electron chi connectivity index (χ1n) is 8.18. The molecule has 0 aliphatic rings. The predicted molar refractivity (Wildman–Crippen MR) is 114 cm³/mol. The lowest BCUT2D eigenvalue weighted by Gasteiger charge is -2.26. The Balaban J connectivity index is 2.50. The van der Waals surface area contributed by atoms with Gasteiger partial charge in [0.05, 0.1) is 10.6 Å². The fourth-order valence-electron chi connectivity index (χ4n) is 2.80. The minimum Gasteiger partial charge on any atom is -0.378 e. The van der Waals surface area contributed by atoms with Crippen LogP contribution in [0.5, 0.6) is 0 Å². The van der Waals surface area contributed by atoms with Crippen LogP contribution in [0.2, 0.25) is 0 Å². The first-order valence-corrected chi connectivity index (χ1v) is 9.06. The molecule has 0 spiro atoms. The summed E-state index contributed by atoms with van der Waals surface area (Å²) in [6.45, 7) is 6.16. The van der Waals surface area contributed by atoms with Crippen LogP contribution in [0.1, 0.15) is 30.5 Å². The largest absolute Gasteiger partial charge is 0.378 e. The van der Waals surface area contributed by atoms with E-state index in [-0.39, 0.29) is 0 Å². The first kappa shape index (κ1) is 18.6. The smallest absolute Gasteiger partial charge is 0.0542 e. The van der Waals surface area contributed by atoms with Crippen LogP contribution in [0.15, 0.2) is 42.5 Å². The van der Waals surface area contributed by atoms with Gasteiger partial charge in [-0.05, 0) is 31.5 Å². The Labute approximate surface area is 156 Å². The van der Waals surface area contributed by atoms with Gasteiger partial charge < -0.3 is 9.80 Å². The monoisotopic (exact) mass is 356 g/mol. The summed E-state index contributed by atoms with van der Waals surface area (Å²) in [6, 6.07) is 14.6. The van der Waals surface area contributed by atoms with Gasteiger partial charge in [-0.3, -0.25) is 0 Å². The molecule has 2 aromatic carbocycles. The number of rotatable bonds is 7. The Kier molecular flexibility index (Phi) is 6.46. The quantitative estimate of drug-likeness (QED) is 0.523. The van der Waals surface area contributed by atoms with Crippen molar-refractivity contribution in [2.24, 2.45) is 0 Å². The van der Waals surface area contributed by atoms with Crippen molar-refractivity contribution in [3.8, 4) is 0 Å². The standard InChI is InChI=1S/C20H24N2S2/c1-5-22(6-2)19-16(14-23)8-7-9-18(19)20(24)15-10-12-17(13-11-15)21(3)4/h7-14H,5-6H2,1-4H3. The lowest BCUT2D eigenvalue weighted by atomic mass is 9.99. The molecular formula is C20H24N2S2. The third-order valence-electron chi connectivity index (χ3n) is 4.16. The molecule has 0 saturated heterocycles. The number of anilines is 2. The second-order valence-corrected chi connectivity index (χ2v) is 6.45. The summed E-state index contributed by atoms with van der Waals surface area (Å²) >= 11 is 11.0. The van der Waals surface area contributed by atoms with Crippen LogP contribution < -0.4 is 9.80 Å². The summed E-state index contributed by atoms with van der Waals surface area (Å²) in [5.74, 6) is 0. The van der Waals surface area contributed by atoms with Gasteiger partial charge in [0, 0.05) is 49.4 Å². The fraction of sp³-hybridized carbons (Fsp3) is 0.300. The Morgan fingerprint density at radius 2 is 1.62 bits per heavy atom. The Morgan fingerprint density at radius 3 is 2.12 bits per heavy atom. The molecule has 0 aliphatic carbocycles. The topological polar surface area (TPSA) is 6.48 Å². The van der Waals surface area contributed by atoms with E-state index in [4.69, 9.17) is 24.4 Å². The molecule has 0 N–H and O–H groups in total. The lowest BCUT2D eigenvalue weighted by Crippen LogP contribution is -2.25. The molecule has 0 aliphatic heterocycles. The average Bonchev–Trinajstić information content (AvgIpc) is 2.62. The Bertz CT molecular complexity index is 717. The minimum absolute atomic E-state index is 0.862. The molecule has 2 aromatic rings. The van der Waals surface area contributed by atoms with Crippen molar-refractivity contribution < 1.29 is 0 Å². The second kappa shape index (κ2) is 8.36. The summed E-state index contributed by atoms with van der Waals surface area (Å²) in [4.78, 5) is 5.26. The molecule has 2 nitrogen and oxygen atoms in total. The zero-order chi connectivity index (χ0) is 17.7. The molecule has 0 saturated carbocycles. The van der Waals surface area contributed by atoms with Gasteiger partial charge in [0.25, 0.3) is 0 Å². The van der Waals surface area contributed by atoms with Crippen molar-refractivity contribution in [2.45, 2.75) is 13.8 Å². The maximum absolute atomic E-state index is 5.82. The zero-order valence-corrected chi connectivity index (χ0v) is 16.4. The van der Waals surface area contributed by atoms with Gasteiger partial charge in [-0.25, -0.2) is 0 Å². The van der Waals surface area contributed by atoms with Gasteiger partial charge in [0.15, 0.2) is 0 Å². The maximum Gasteiger partial charge on any atom is 0.0542 e. The molecule has 126 valence electrons. The van der Waals surface area contributed by atoms with Crippen LogP contribution in [0.3, 0.4) is 0 Å². The molecule has 0 radical (unpaired) electrons. The number of hydrogen-bond acceptors (Lipinski definition) is 4.